The molecule has 0 spiro atoms. The van der Waals surface area contributed by atoms with E-state index >= 15 is 0 Å². The molecule has 4 rings (SSSR count). The molecule has 0 aliphatic carbocycles. The minimum Gasteiger partial charge on any atom is -0.354 e. The Balaban J connectivity index is 1.57. The lowest BCUT2D eigenvalue weighted by molar-refractivity contribution is -0.124. The summed E-state index contributed by atoms with van der Waals surface area (Å²) in [7, 11) is 0. The van der Waals surface area contributed by atoms with Gasteiger partial charge in [0.05, 0.1) is 15.8 Å². The number of thiophene rings is 1. The van der Waals surface area contributed by atoms with E-state index in [0.717, 1.165) is 26.0 Å². The van der Waals surface area contributed by atoms with Crippen molar-refractivity contribution in [2.45, 2.75) is 26.3 Å². The van der Waals surface area contributed by atoms with Crippen molar-refractivity contribution in [2.75, 3.05) is 6.54 Å². The van der Waals surface area contributed by atoms with E-state index in [9.17, 15) is 9.59 Å². The molecule has 1 amide bonds. The minimum atomic E-state index is -0.700. The highest BCUT2D eigenvalue weighted by atomic mass is 35.5. The van der Waals surface area contributed by atoms with Crippen LogP contribution in [0.15, 0.2) is 53.3 Å². The Morgan fingerprint density at radius 1 is 1.21 bits per heavy atom. The first-order valence-electron chi connectivity index (χ1n) is 9.38. The first-order chi connectivity index (χ1) is 14.0. The molecule has 0 saturated carbocycles. The van der Waals surface area contributed by atoms with Crippen LogP contribution in [-0.4, -0.2) is 22.2 Å². The molecule has 2 aromatic carbocycles. The lowest BCUT2D eigenvalue weighted by Crippen LogP contribution is -2.38. The summed E-state index contributed by atoms with van der Waals surface area (Å²) < 4.78 is 3.22. The average molecular weight is 426 g/mol. The number of nitrogens with one attached hydrogen (secondary N) is 1. The van der Waals surface area contributed by atoms with E-state index in [1.54, 1.807) is 18.3 Å². The summed E-state index contributed by atoms with van der Waals surface area (Å²) in [5, 5.41) is 9.56. The zero-order valence-corrected chi connectivity index (χ0v) is 17.7. The van der Waals surface area contributed by atoms with Crippen molar-refractivity contribution in [3.05, 3.63) is 75.2 Å². The van der Waals surface area contributed by atoms with Gasteiger partial charge in [0, 0.05) is 21.7 Å². The number of amides is 1. The smallest absolute Gasteiger partial charge is 0.276 e. The van der Waals surface area contributed by atoms with Crippen molar-refractivity contribution in [2.24, 2.45) is 0 Å². The van der Waals surface area contributed by atoms with E-state index < -0.39 is 6.04 Å². The number of hydrogen-bond acceptors (Lipinski definition) is 4. The van der Waals surface area contributed by atoms with Gasteiger partial charge in [0.25, 0.3) is 5.56 Å². The standard InChI is InChI=1S/C22H20ClN3O2S/c1-13-20-19(17-5-3-4-6-18(17)29-20)22(28)26(25-13)14(2)21(27)24-12-11-15-7-9-16(23)10-8-15/h3-10,14H,11-12H2,1-2H3,(H,24,27)/t14-/m0/s1. The lowest BCUT2D eigenvalue weighted by atomic mass is 10.1. The quantitative estimate of drug-likeness (QED) is 0.512. The summed E-state index contributed by atoms with van der Waals surface area (Å²) in [5.74, 6) is -0.230. The Morgan fingerprint density at radius 3 is 2.69 bits per heavy atom. The molecule has 4 aromatic rings. The summed E-state index contributed by atoms with van der Waals surface area (Å²) in [5.41, 5.74) is 1.60. The molecule has 0 unspecified atom stereocenters. The number of carbonyl (C=O) groups excluding carboxylic acids is 1. The molecule has 7 heteroatoms. The Bertz CT molecular complexity index is 1260. The fourth-order valence-electron chi connectivity index (χ4n) is 3.38. The molecule has 0 radical (unpaired) electrons. The summed E-state index contributed by atoms with van der Waals surface area (Å²) in [6.45, 7) is 4.05. The Kier molecular flexibility index (Phi) is 5.39. The van der Waals surface area contributed by atoms with Crippen molar-refractivity contribution in [1.29, 1.82) is 0 Å². The number of hydrogen-bond donors (Lipinski definition) is 1. The minimum absolute atomic E-state index is 0.230. The van der Waals surface area contributed by atoms with E-state index in [4.69, 9.17) is 11.6 Å². The van der Waals surface area contributed by atoms with Crippen LogP contribution in [0.4, 0.5) is 0 Å². The van der Waals surface area contributed by atoms with E-state index in [2.05, 4.69) is 10.4 Å². The van der Waals surface area contributed by atoms with Gasteiger partial charge in [-0.15, -0.1) is 11.3 Å². The van der Waals surface area contributed by atoms with Crippen molar-refractivity contribution in [3.8, 4) is 0 Å². The third-order valence-corrected chi connectivity index (χ3v) is 6.51. The molecule has 0 fully saturated rings. The average Bonchev–Trinajstić information content (AvgIpc) is 3.12. The molecule has 2 heterocycles. The summed E-state index contributed by atoms with van der Waals surface area (Å²) >= 11 is 7.45. The van der Waals surface area contributed by atoms with E-state index in [0.29, 0.717) is 23.4 Å². The van der Waals surface area contributed by atoms with Gasteiger partial charge < -0.3 is 5.32 Å². The summed E-state index contributed by atoms with van der Waals surface area (Å²) in [6, 6.07) is 14.6. The highest BCUT2D eigenvalue weighted by Crippen LogP contribution is 2.32. The molecule has 2 aromatic heterocycles. The molecule has 29 heavy (non-hydrogen) atoms. The van der Waals surface area contributed by atoms with Gasteiger partial charge in [-0.2, -0.15) is 5.10 Å². The van der Waals surface area contributed by atoms with Gasteiger partial charge >= 0.3 is 0 Å². The van der Waals surface area contributed by atoms with Crippen LogP contribution in [0.1, 0.15) is 24.2 Å². The first kappa shape index (κ1) is 19.6. The van der Waals surface area contributed by atoms with Gasteiger partial charge in [-0.3, -0.25) is 9.59 Å². The Labute approximate surface area is 176 Å². The van der Waals surface area contributed by atoms with Crippen LogP contribution in [0.2, 0.25) is 5.02 Å². The van der Waals surface area contributed by atoms with Gasteiger partial charge in [-0.25, -0.2) is 4.68 Å². The molecular weight excluding hydrogens is 406 g/mol. The number of fused-ring (bicyclic) bond motifs is 3. The van der Waals surface area contributed by atoms with Gasteiger partial charge in [-0.1, -0.05) is 41.9 Å². The Hall–Kier alpha value is -2.70. The van der Waals surface area contributed by atoms with Crippen LogP contribution in [0, 0.1) is 6.92 Å². The molecule has 1 atom stereocenters. The lowest BCUT2D eigenvalue weighted by Gasteiger charge is -2.15. The van der Waals surface area contributed by atoms with Crippen LogP contribution < -0.4 is 10.9 Å². The normalized spacial score (nSPS) is 12.4. The Morgan fingerprint density at radius 2 is 1.93 bits per heavy atom. The monoisotopic (exact) mass is 425 g/mol. The van der Waals surface area contributed by atoms with Crippen molar-refractivity contribution >= 4 is 49.0 Å². The molecule has 0 bridgehead atoms. The highest BCUT2D eigenvalue weighted by molar-refractivity contribution is 7.26. The van der Waals surface area contributed by atoms with Gasteiger partial charge in [0.1, 0.15) is 6.04 Å². The zero-order valence-electron chi connectivity index (χ0n) is 16.1. The second-order valence-electron chi connectivity index (χ2n) is 6.98. The van der Waals surface area contributed by atoms with Crippen molar-refractivity contribution in [3.63, 3.8) is 0 Å². The van der Waals surface area contributed by atoms with Crippen LogP contribution in [0.3, 0.4) is 0 Å². The second-order valence-corrected chi connectivity index (χ2v) is 8.47. The number of aryl methyl sites for hydroxylation is 1. The molecule has 5 nitrogen and oxygen atoms in total. The topological polar surface area (TPSA) is 64.0 Å². The third-order valence-electron chi connectivity index (χ3n) is 4.98. The van der Waals surface area contributed by atoms with Crippen LogP contribution in [0.5, 0.6) is 0 Å². The molecule has 0 saturated heterocycles. The molecule has 0 aliphatic heterocycles. The van der Waals surface area contributed by atoms with Crippen LogP contribution in [-0.2, 0) is 11.2 Å². The maximum absolute atomic E-state index is 13.1. The van der Waals surface area contributed by atoms with Gasteiger partial charge in [0.2, 0.25) is 5.91 Å². The van der Waals surface area contributed by atoms with Crippen LogP contribution in [0.25, 0.3) is 20.2 Å². The number of aromatic nitrogens is 2. The van der Waals surface area contributed by atoms with Crippen LogP contribution >= 0.6 is 22.9 Å². The SMILES string of the molecule is Cc1nn([C@@H](C)C(=O)NCCc2ccc(Cl)cc2)c(=O)c2c1sc1ccccc12. The van der Waals surface area contributed by atoms with Gasteiger partial charge in [-0.05, 0) is 44.0 Å². The number of carbonyl (C=O) groups is 1. The van der Waals surface area contributed by atoms with E-state index in [1.807, 2.05) is 55.5 Å². The largest absolute Gasteiger partial charge is 0.354 e. The van der Waals surface area contributed by atoms with Gasteiger partial charge in [0.15, 0.2) is 0 Å². The highest BCUT2D eigenvalue weighted by Gasteiger charge is 2.21. The fourth-order valence-corrected chi connectivity index (χ4v) is 4.64. The molecular formula is C22H20ClN3O2S. The third kappa shape index (κ3) is 3.78. The van der Waals surface area contributed by atoms with E-state index in [-0.39, 0.29) is 11.5 Å². The van der Waals surface area contributed by atoms with Crippen molar-refractivity contribution < 1.29 is 4.79 Å². The first-order valence-corrected chi connectivity index (χ1v) is 10.6. The predicted octanol–water partition coefficient (Wildman–Crippen LogP) is 4.49. The molecule has 1 N–H and O–H groups in total. The number of halogens is 1. The predicted molar refractivity (Wildman–Crippen MR) is 119 cm³/mol. The maximum Gasteiger partial charge on any atom is 0.276 e. The fraction of sp³-hybridized carbons (Fsp3) is 0.227. The second kappa shape index (κ2) is 7.97. The molecule has 0 aliphatic rings. The zero-order chi connectivity index (χ0) is 20.5. The number of rotatable bonds is 5. The number of benzene rings is 2. The van der Waals surface area contributed by atoms with Crippen molar-refractivity contribution in [1.82, 2.24) is 15.1 Å². The summed E-state index contributed by atoms with van der Waals surface area (Å²) in [4.78, 5) is 25.8. The number of nitrogens with zero attached hydrogens (tertiary/aromatic N) is 2. The summed E-state index contributed by atoms with van der Waals surface area (Å²) in [6.07, 6.45) is 0.686. The maximum atomic E-state index is 13.1. The molecule has 148 valence electrons. The van der Waals surface area contributed by atoms with E-state index in [1.165, 1.54) is 4.68 Å².